The molecule has 8 heteroatoms. The van der Waals surface area contributed by atoms with E-state index in [4.69, 9.17) is 9.47 Å². The smallest absolute Gasteiger partial charge is 0.421 e. The van der Waals surface area contributed by atoms with Crippen molar-refractivity contribution in [2.24, 2.45) is 0 Å². The summed E-state index contributed by atoms with van der Waals surface area (Å²) in [6.45, 7) is 1.44. The first-order valence-corrected chi connectivity index (χ1v) is 7.75. The minimum atomic E-state index is -3.78. The van der Waals surface area contributed by atoms with Crippen LogP contribution in [-0.4, -0.2) is 31.5 Å². The van der Waals surface area contributed by atoms with Crippen LogP contribution >= 0.6 is 0 Å². The third-order valence-electron chi connectivity index (χ3n) is 3.74. The van der Waals surface area contributed by atoms with E-state index in [9.17, 15) is 22.0 Å². The molecule has 0 bridgehead atoms. The maximum absolute atomic E-state index is 13.7. The van der Waals surface area contributed by atoms with Gasteiger partial charge in [-0.15, -0.1) is 0 Å². The molecule has 0 aromatic heterocycles. The van der Waals surface area contributed by atoms with Gasteiger partial charge in [0.15, 0.2) is 24.1 Å². The first-order valence-electron chi connectivity index (χ1n) is 7.75. The van der Waals surface area contributed by atoms with Crippen molar-refractivity contribution in [3.8, 4) is 5.75 Å². The SMILES string of the molecule is CCOC1CCC(OCC(F)(F)Oc2cc(F)c(F)c(F)c2)CC1. The van der Waals surface area contributed by atoms with Crippen molar-refractivity contribution in [2.45, 2.75) is 50.9 Å². The average Bonchev–Trinajstić information content (AvgIpc) is 2.52. The molecule has 1 aliphatic carbocycles. The molecule has 0 saturated heterocycles. The highest BCUT2D eigenvalue weighted by Gasteiger charge is 2.35. The lowest BCUT2D eigenvalue weighted by Crippen LogP contribution is -2.35. The molecule has 136 valence electrons. The van der Waals surface area contributed by atoms with E-state index in [0.717, 1.165) is 12.8 Å². The van der Waals surface area contributed by atoms with E-state index < -0.39 is 35.9 Å². The van der Waals surface area contributed by atoms with Crippen molar-refractivity contribution >= 4 is 0 Å². The van der Waals surface area contributed by atoms with Crippen LogP contribution in [0.1, 0.15) is 32.6 Å². The van der Waals surface area contributed by atoms with E-state index in [1.165, 1.54) is 0 Å². The van der Waals surface area contributed by atoms with Gasteiger partial charge in [0.25, 0.3) is 0 Å². The van der Waals surface area contributed by atoms with Crippen LogP contribution in [0, 0.1) is 17.5 Å². The minimum absolute atomic E-state index is 0.122. The van der Waals surface area contributed by atoms with Gasteiger partial charge in [0.05, 0.1) is 12.2 Å². The van der Waals surface area contributed by atoms with Crippen LogP contribution in [0.3, 0.4) is 0 Å². The summed E-state index contributed by atoms with van der Waals surface area (Å²) in [6, 6.07) is 0.721. The molecule has 1 aliphatic rings. The second kappa shape index (κ2) is 8.11. The molecule has 1 fully saturated rings. The summed E-state index contributed by atoms with van der Waals surface area (Å²) in [6.07, 6.45) is -1.40. The lowest BCUT2D eigenvalue weighted by atomic mass is 9.95. The van der Waals surface area contributed by atoms with Crippen molar-refractivity contribution in [1.29, 1.82) is 0 Å². The second-order valence-corrected chi connectivity index (χ2v) is 5.61. The highest BCUT2D eigenvalue weighted by Crippen LogP contribution is 2.28. The van der Waals surface area contributed by atoms with Crippen LogP contribution in [0.5, 0.6) is 5.75 Å². The molecule has 1 aromatic rings. The van der Waals surface area contributed by atoms with Crippen molar-refractivity contribution < 1.29 is 36.2 Å². The third kappa shape index (κ3) is 5.31. The zero-order chi connectivity index (χ0) is 17.7. The molecule has 24 heavy (non-hydrogen) atoms. The molecule has 0 unspecified atom stereocenters. The Morgan fingerprint density at radius 2 is 1.46 bits per heavy atom. The number of hydrogen-bond acceptors (Lipinski definition) is 3. The highest BCUT2D eigenvalue weighted by atomic mass is 19.3. The molecular formula is C16H19F5O3. The van der Waals surface area contributed by atoms with Crippen LogP contribution in [0.2, 0.25) is 0 Å². The zero-order valence-corrected chi connectivity index (χ0v) is 13.2. The first-order chi connectivity index (χ1) is 11.3. The summed E-state index contributed by atoms with van der Waals surface area (Å²) >= 11 is 0. The molecule has 0 radical (unpaired) electrons. The topological polar surface area (TPSA) is 27.7 Å². The van der Waals surface area contributed by atoms with Gasteiger partial charge in [-0.3, -0.25) is 0 Å². The second-order valence-electron chi connectivity index (χ2n) is 5.61. The Kier molecular flexibility index (Phi) is 6.40. The molecule has 1 saturated carbocycles. The van der Waals surface area contributed by atoms with Gasteiger partial charge in [0, 0.05) is 18.7 Å². The van der Waals surface area contributed by atoms with Gasteiger partial charge < -0.3 is 14.2 Å². The number of benzene rings is 1. The molecule has 2 rings (SSSR count). The predicted molar refractivity (Wildman–Crippen MR) is 75.5 cm³/mol. The van der Waals surface area contributed by atoms with Gasteiger partial charge in [0.2, 0.25) is 0 Å². The van der Waals surface area contributed by atoms with Gasteiger partial charge >= 0.3 is 6.11 Å². The standard InChI is InChI=1S/C16H19F5O3/c1-2-22-10-3-5-11(6-4-10)23-9-16(20,21)24-12-7-13(17)15(19)14(18)8-12/h7-8,10-11H,2-6,9H2,1H3. The Hall–Kier alpha value is -1.41. The first kappa shape index (κ1) is 18.9. The summed E-state index contributed by atoms with van der Waals surface area (Å²) < 4.78 is 81.1. The lowest BCUT2D eigenvalue weighted by Gasteiger charge is -2.29. The summed E-state index contributed by atoms with van der Waals surface area (Å²) in [4.78, 5) is 0. The zero-order valence-electron chi connectivity index (χ0n) is 13.2. The molecule has 0 atom stereocenters. The van der Waals surface area contributed by atoms with Crippen LogP contribution in [0.25, 0.3) is 0 Å². The van der Waals surface area contributed by atoms with Crippen molar-refractivity contribution in [3.05, 3.63) is 29.6 Å². The van der Waals surface area contributed by atoms with Gasteiger partial charge in [0.1, 0.15) is 5.75 Å². The predicted octanol–water partition coefficient (Wildman–Crippen LogP) is 4.44. The van der Waals surface area contributed by atoms with E-state index >= 15 is 0 Å². The number of ether oxygens (including phenoxy) is 3. The molecular weight excluding hydrogens is 335 g/mol. The van der Waals surface area contributed by atoms with Gasteiger partial charge in [-0.25, -0.2) is 13.2 Å². The van der Waals surface area contributed by atoms with E-state index in [1.807, 2.05) is 6.92 Å². The summed E-state index contributed by atoms with van der Waals surface area (Å²) in [5.74, 6) is -5.75. The average molecular weight is 354 g/mol. The van der Waals surface area contributed by atoms with Crippen molar-refractivity contribution in [1.82, 2.24) is 0 Å². The Morgan fingerprint density at radius 1 is 0.958 bits per heavy atom. The fourth-order valence-electron chi connectivity index (χ4n) is 2.61. The van der Waals surface area contributed by atoms with E-state index in [-0.39, 0.29) is 12.2 Å². The van der Waals surface area contributed by atoms with Crippen molar-refractivity contribution in [3.63, 3.8) is 0 Å². The lowest BCUT2D eigenvalue weighted by molar-refractivity contribution is -0.223. The van der Waals surface area contributed by atoms with Gasteiger partial charge in [-0.2, -0.15) is 8.78 Å². The summed E-state index contributed by atoms with van der Waals surface area (Å²) in [5, 5.41) is 0. The van der Waals surface area contributed by atoms with Gasteiger partial charge in [-0.05, 0) is 32.6 Å². The quantitative estimate of drug-likeness (QED) is 0.535. The minimum Gasteiger partial charge on any atom is -0.431 e. The maximum Gasteiger partial charge on any atom is 0.421 e. The summed E-state index contributed by atoms with van der Waals surface area (Å²) in [5.41, 5.74) is 0. The number of alkyl halides is 2. The highest BCUT2D eigenvalue weighted by molar-refractivity contribution is 5.25. The number of halogens is 5. The van der Waals surface area contributed by atoms with Crippen LogP contribution in [0.4, 0.5) is 22.0 Å². The largest absolute Gasteiger partial charge is 0.431 e. The fourth-order valence-corrected chi connectivity index (χ4v) is 2.61. The Balaban J connectivity index is 1.84. The molecule has 0 heterocycles. The molecule has 0 aliphatic heterocycles. The van der Waals surface area contributed by atoms with Crippen LogP contribution in [0.15, 0.2) is 12.1 Å². The molecule has 0 amide bonds. The maximum atomic E-state index is 13.7. The Morgan fingerprint density at radius 3 is 1.96 bits per heavy atom. The van der Waals surface area contributed by atoms with Gasteiger partial charge in [-0.1, -0.05) is 0 Å². The number of hydrogen-bond donors (Lipinski definition) is 0. The van der Waals surface area contributed by atoms with Crippen LogP contribution in [-0.2, 0) is 9.47 Å². The molecule has 0 N–H and O–H groups in total. The van der Waals surface area contributed by atoms with Crippen molar-refractivity contribution in [2.75, 3.05) is 13.2 Å². The Bertz CT molecular complexity index is 522. The van der Waals surface area contributed by atoms with E-state index in [1.54, 1.807) is 0 Å². The third-order valence-corrected chi connectivity index (χ3v) is 3.74. The molecule has 3 nitrogen and oxygen atoms in total. The summed E-state index contributed by atoms with van der Waals surface area (Å²) in [7, 11) is 0. The fraction of sp³-hybridized carbons (Fsp3) is 0.625. The number of rotatable bonds is 7. The van der Waals surface area contributed by atoms with E-state index in [2.05, 4.69) is 4.74 Å². The monoisotopic (exact) mass is 354 g/mol. The molecule has 0 spiro atoms. The Labute approximate surface area is 136 Å². The normalized spacial score (nSPS) is 21.8. The van der Waals surface area contributed by atoms with Crippen LogP contribution < -0.4 is 4.74 Å². The van der Waals surface area contributed by atoms with E-state index in [0.29, 0.717) is 31.6 Å². The molecule has 1 aromatic carbocycles.